The second-order valence-electron chi connectivity index (χ2n) is 4.86. The van der Waals surface area contributed by atoms with Crippen molar-refractivity contribution in [1.82, 2.24) is 0 Å². The average molecular weight is 262 g/mol. The van der Waals surface area contributed by atoms with E-state index in [0.717, 1.165) is 5.56 Å². The van der Waals surface area contributed by atoms with Crippen LogP contribution >= 0.6 is 0 Å². The van der Waals surface area contributed by atoms with Gasteiger partial charge in [0.2, 0.25) is 0 Å². The molecule has 102 valence electrons. The molecule has 1 aromatic rings. The highest BCUT2D eigenvalue weighted by atomic mass is 16.5. The number of rotatable bonds is 5. The second-order valence-corrected chi connectivity index (χ2v) is 4.86. The van der Waals surface area contributed by atoms with Crippen LogP contribution in [0.4, 0.5) is 0 Å². The Morgan fingerprint density at radius 1 is 1.00 bits per heavy atom. The standard InChI is InChI=1S/C15H18O4/c1-10(16)15(4,11(2)17)9-13-5-7-14(8-6-13)19-12(3)18/h5-8H,9H2,1-4H3. The minimum absolute atomic E-state index is 0.149. The number of carbonyl (C=O) groups is 3. The van der Waals surface area contributed by atoms with Crippen molar-refractivity contribution in [2.24, 2.45) is 5.41 Å². The van der Waals surface area contributed by atoms with Crippen LogP contribution in [0.5, 0.6) is 5.75 Å². The van der Waals surface area contributed by atoms with E-state index in [1.807, 2.05) is 0 Å². The van der Waals surface area contributed by atoms with E-state index in [2.05, 4.69) is 0 Å². The van der Waals surface area contributed by atoms with Gasteiger partial charge in [0.25, 0.3) is 0 Å². The predicted octanol–water partition coefficient (Wildman–Crippen LogP) is 2.34. The fourth-order valence-electron chi connectivity index (χ4n) is 1.75. The quantitative estimate of drug-likeness (QED) is 0.464. The van der Waals surface area contributed by atoms with E-state index in [9.17, 15) is 14.4 Å². The minimum Gasteiger partial charge on any atom is -0.427 e. The molecule has 0 heterocycles. The van der Waals surface area contributed by atoms with Crippen molar-refractivity contribution in [3.05, 3.63) is 29.8 Å². The Morgan fingerprint density at radius 2 is 1.47 bits per heavy atom. The van der Waals surface area contributed by atoms with Crippen LogP contribution in [-0.4, -0.2) is 17.5 Å². The van der Waals surface area contributed by atoms with Crippen LogP contribution in [-0.2, 0) is 20.8 Å². The van der Waals surface area contributed by atoms with Gasteiger partial charge in [-0.2, -0.15) is 0 Å². The number of esters is 1. The van der Waals surface area contributed by atoms with E-state index in [4.69, 9.17) is 4.74 Å². The maximum atomic E-state index is 11.6. The van der Waals surface area contributed by atoms with Gasteiger partial charge in [-0.05, 0) is 44.9 Å². The van der Waals surface area contributed by atoms with E-state index in [1.165, 1.54) is 20.8 Å². The third-order valence-electron chi connectivity index (χ3n) is 3.30. The molecule has 4 heteroatoms. The van der Waals surface area contributed by atoms with Crippen LogP contribution in [0, 0.1) is 5.41 Å². The molecule has 0 amide bonds. The molecule has 19 heavy (non-hydrogen) atoms. The van der Waals surface area contributed by atoms with Gasteiger partial charge in [0.15, 0.2) is 0 Å². The molecule has 0 aromatic heterocycles. The Bertz CT molecular complexity index is 485. The summed E-state index contributed by atoms with van der Waals surface area (Å²) in [6, 6.07) is 6.81. The van der Waals surface area contributed by atoms with Gasteiger partial charge in [-0.15, -0.1) is 0 Å². The molecule has 0 radical (unpaired) electrons. The van der Waals surface area contributed by atoms with Gasteiger partial charge in [0.1, 0.15) is 17.3 Å². The summed E-state index contributed by atoms with van der Waals surface area (Å²) in [7, 11) is 0. The molecule has 0 fully saturated rings. The summed E-state index contributed by atoms with van der Waals surface area (Å²) in [5.41, 5.74) is -0.146. The molecule has 0 N–H and O–H groups in total. The molecule has 0 spiro atoms. The monoisotopic (exact) mass is 262 g/mol. The maximum Gasteiger partial charge on any atom is 0.308 e. The van der Waals surface area contributed by atoms with Gasteiger partial charge < -0.3 is 4.74 Å². The zero-order valence-electron chi connectivity index (χ0n) is 11.6. The van der Waals surface area contributed by atoms with Crippen LogP contribution in [0.3, 0.4) is 0 Å². The van der Waals surface area contributed by atoms with Crippen LogP contribution in [0.1, 0.15) is 33.3 Å². The average Bonchev–Trinajstić information content (AvgIpc) is 2.30. The molecule has 0 atom stereocenters. The van der Waals surface area contributed by atoms with Gasteiger partial charge in [0.05, 0.1) is 5.41 Å². The largest absolute Gasteiger partial charge is 0.427 e. The zero-order valence-corrected chi connectivity index (χ0v) is 11.6. The number of ketones is 2. The smallest absolute Gasteiger partial charge is 0.308 e. The molecule has 0 aliphatic rings. The first-order valence-electron chi connectivity index (χ1n) is 6.05. The van der Waals surface area contributed by atoms with Gasteiger partial charge in [-0.3, -0.25) is 14.4 Å². The molecule has 0 saturated heterocycles. The number of ether oxygens (including phenoxy) is 1. The van der Waals surface area contributed by atoms with Crippen LogP contribution in [0.25, 0.3) is 0 Å². The van der Waals surface area contributed by atoms with Crippen molar-refractivity contribution in [3.63, 3.8) is 0 Å². The van der Waals surface area contributed by atoms with Crippen molar-refractivity contribution in [1.29, 1.82) is 0 Å². The van der Waals surface area contributed by atoms with Crippen molar-refractivity contribution < 1.29 is 19.1 Å². The Balaban J connectivity index is 2.90. The first-order valence-corrected chi connectivity index (χ1v) is 6.05. The molecule has 0 unspecified atom stereocenters. The van der Waals surface area contributed by atoms with E-state index >= 15 is 0 Å². The Hall–Kier alpha value is -1.97. The lowest BCUT2D eigenvalue weighted by Gasteiger charge is -2.23. The Labute approximate surface area is 112 Å². The van der Waals surface area contributed by atoms with Crippen LogP contribution in [0.15, 0.2) is 24.3 Å². The molecule has 4 nitrogen and oxygen atoms in total. The lowest BCUT2D eigenvalue weighted by molar-refractivity contribution is -0.137. The molecular formula is C15H18O4. The van der Waals surface area contributed by atoms with E-state index in [0.29, 0.717) is 12.2 Å². The summed E-state index contributed by atoms with van der Waals surface area (Å²) >= 11 is 0. The molecule has 1 rings (SSSR count). The number of benzene rings is 1. The highest BCUT2D eigenvalue weighted by Gasteiger charge is 2.35. The second kappa shape index (κ2) is 5.78. The van der Waals surface area contributed by atoms with Gasteiger partial charge in [-0.1, -0.05) is 12.1 Å². The van der Waals surface area contributed by atoms with Crippen molar-refractivity contribution in [2.45, 2.75) is 34.1 Å². The number of hydrogen-bond acceptors (Lipinski definition) is 4. The molecular weight excluding hydrogens is 244 g/mol. The molecule has 0 aliphatic heterocycles. The Kier molecular flexibility index (Phi) is 4.59. The number of Topliss-reactive ketones (excluding diaryl/α,β-unsaturated/α-hetero) is 2. The van der Waals surface area contributed by atoms with Crippen molar-refractivity contribution >= 4 is 17.5 Å². The molecule has 0 aliphatic carbocycles. The highest BCUT2D eigenvalue weighted by molar-refractivity contribution is 6.04. The summed E-state index contributed by atoms with van der Waals surface area (Å²) in [6.07, 6.45) is 0.345. The number of hydrogen-bond donors (Lipinski definition) is 0. The third-order valence-corrected chi connectivity index (χ3v) is 3.30. The first kappa shape index (κ1) is 15.1. The summed E-state index contributed by atoms with van der Waals surface area (Å²) in [6.45, 7) is 5.83. The van der Waals surface area contributed by atoms with Crippen LogP contribution < -0.4 is 4.74 Å². The third kappa shape index (κ3) is 3.74. The first-order chi connectivity index (χ1) is 8.75. The fraction of sp³-hybridized carbons (Fsp3) is 0.400. The van der Waals surface area contributed by atoms with E-state index < -0.39 is 5.41 Å². The van der Waals surface area contributed by atoms with E-state index in [-0.39, 0.29) is 17.5 Å². The van der Waals surface area contributed by atoms with Crippen molar-refractivity contribution in [2.75, 3.05) is 0 Å². The van der Waals surface area contributed by atoms with Crippen molar-refractivity contribution in [3.8, 4) is 5.75 Å². The SMILES string of the molecule is CC(=O)Oc1ccc(CC(C)(C(C)=O)C(C)=O)cc1. The Morgan fingerprint density at radius 3 is 1.84 bits per heavy atom. The predicted molar refractivity (Wildman–Crippen MR) is 70.9 cm³/mol. The van der Waals surface area contributed by atoms with Gasteiger partial charge in [-0.25, -0.2) is 0 Å². The normalized spacial score (nSPS) is 10.9. The summed E-state index contributed by atoms with van der Waals surface area (Å²) < 4.78 is 4.92. The maximum absolute atomic E-state index is 11.6. The summed E-state index contributed by atoms with van der Waals surface area (Å²) in [4.78, 5) is 34.1. The van der Waals surface area contributed by atoms with Gasteiger partial charge in [0, 0.05) is 6.92 Å². The van der Waals surface area contributed by atoms with E-state index in [1.54, 1.807) is 31.2 Å². The summed E-state index contributed by atoms with van der Waals surface area (Å²) in [5, 5.41) is 0. The topological polar surface area (TPSA) is 60.4 Å². The minimum atomic E-state index is -0.997. The highest BCUT2D eigenvalue weighted by Crippen LogP contribution is 2.26. The molecule has 0 saturated carbocycles. The molecule has 0 bridgehead atoms. The fourth-order valence-corrected chi connectivity index (χ4v) is 1.75. The lowest BCUT2D eigenvalue weighted by Crippen LogP contribution is -2.35. The zero-order chi connectivity index (χ0) is 14.6. The lowest BCUT2D eigenvalue weighted by atomic mass is 9.77. The summed E-state index contributed by atoms with van der Waals surface area (Å²) in [5.74, 6) is -0.234. The van der Waals surface area contributed by atoms with Crippen LogP contribution in [0.2, 0.25) is 0 Å². The molecule has 1 aromatic carbocycles. The van der Waals surface area contributed by atoms with Gasteiger partial charge >= 0.3 is 5.97 Å². The number of carbonyl (C=O) groups excluding carboxylic acids is 3.